The predicted molar refractivity (Wildman–Crippen MR) is 79.2 cm³/mol. The van der Waals surface area contributed by atoms with Gasteiger partial charge in [0.05, 0.1) is 0 Å². The van der Waals surface area contributed by atoms with E-state index in [0.29, 0.717) is 0 Å². The number of halogens is 1. The maximum absolute atomic E-state index is 5.31. The van der Waals surface area contributed by atoms with Gasteiger partial charge in [-0.1, -0.05) is 0 Å². The van der Waals surface area contributed by atoms with Crippen molar-refractivity contribution >= 4 is 25.9 Å². The van der Waals surface area contributed by atoms with Crippen LogP contribution in [-0.2, 0) is 9.16 Å². The van der Waals surface area contributed by atoms with Crippen LogP contribution in [0.4, 0.5) is 0 Å². The van der Waals surface area contributed by atoms with Gasteiger partial charge in [0.1, 0.15) is 0 Å². The topological polar surface area (TPSA) is 9.23 Å². The normalized spacial score (nSPS) is 17.8. The van der Waals surface area contributed by atoms with Gasteiger partial charge in [-0.05, 0) is 0 Å². The molecule has 0 radical (unpaired) electrons. The molecule has 1 aromatic carbocycles. The fourth-order valence-corrected chi connectivity index (χ4v) is 5.38. The van der Waals surface area contributed by atoms with Crippen molar-refractivity contribution in [3.63, 3.8) is 0 Å². The predicted octanol–water partition coefficient (Wildman–Crippen LogP) is 4.29. The number of benzene rings is 1. The second kappa shape index (κ2) is 5.32. The van der Waals surface area contributed by atoms with Crippen molar-refractivity contribution in [1.29, 1.82) is 0 Å². The molecule has 0 amide bonds. The first kappa shape index (κ1) is 12.1. The minimum absolute atomic E-state index is 0.729. The summed E-state index contributed by atoms with van der Waals surface area (Å²) in [6.07, 6.45) is 4.34. The molecule has 0 bridgehead atoms. The summed E-state index contributed by atoms with van der Waals surface area (Å²) in [6.45, 7) is 6.52. The summed E-state index contributed by atoms with van der Waals surface area (Å²) in [6, 6.07) is 4.64. The summed E-state index contributed by atoms with van der Waals surface area (Å²) in [5.74, 6) is 0. The van der Waals surface area contributed by atoms with Gasteiger partial charge in [-0.15, -0.1) is 0 Å². The summed E-state index contributed by atoms with van der Waals surface area (Å²) in [7, 11) is 0. The molecule has 1 aliphatic rings. The Bertz CT molecular complexity index is 405. The average Bonchev–Trinajstić information content (AvgIpc) is 2.18. The Hall–Kier alpha value is -0.350. The quantitative estimate of drug-likeness (QED) is 0.593. The summed E-state index contributed by atoms with van der Waals surface area (Å²) in [4.78, 5) is 0. The van der Waals surface area contributed by atoms with Gasteiger partial charge in [0.2, 0.25) is 0 Å². The first-order valence-electron chi connectivity index (χ1n) is 5.59. The fraction of sp³-hybridized carbons (Fsp3) is 0.429. The van der Waals surface area contributed by atoms with E-state index < -0.39 is 19.8 Å². The molecule has 16 heavy (non-hydrogen) atoms. The van der Waals surface area contributed by atoms with Crippen molar-refractivity contribution in [2.75, 3.05) is 9.23 Å². The average molecular weight is 330 g/mol. The van der Waals surface area contributed by atoms with E-state index in [2.05, 4.69) is 45.1 Å². The van der Waals surface area contributed by atoms with E-state index in [4.69, 9.17) is 4.74 Å². The Morgan fingerprint density at radius 2 is 2.06 bits per heavy atom. The Kier molecular flexibility index (Phi) is 4.03. The van der Waals surface area contributed by atoms with E-state index in [1.54, 1.807) is 5.56 Å². The van der Waals surface area contributed by atoms with E-state index in [0.717, 1.165) is 9.23 Å². The van der Waals surface area contributed by atoms with Crippen LogP contribution in [0, 0.1) is 13.8 Å². The third-order valence-electron chi connectivity index (χ3n) is 2.84. The van der Waals surface area contributed by atoms with Gasteiger partial charge in [-0.25, -0.2) is 0 Å². The zero-order valence-corrected chi connectivity index (χ0v) is 12.4. The van der Waals surface area contributed by atoms with Crippen LogP contribution in [0.25, 0.3) is 6.08 Å². The van der Waals surface area contributed by atoms with E-state index >= 15 is 0 Å². The SMILES string of the molecule is C/C=C\c1cc(C)cc(CI2COC2)c1C. The van der Waals surface area contributed by atoms with Crippen LogP contribution >= 0.6 is 19.8 Å². The number of allylic oxidation sites excluding steroid dienone is 1. The maximum atomic E-state index is 5.31. The molecule has 0 atom stereocenters. The van der Waals surface area contributed by atoms with Crippen LogP contribution in [0.1, 0.15) is 29.2 Å². The molecule has 2 heteroatoms. The second-order valence-corrected chi connectivity index (χ2v) is 9.51. The first-order valence-corrected chi connectivity index (χ1v) is 10.2. The Morgan fingerprint density at radius 3 is 2.62 bits per heavy atom. The van der Waals surface area contributed by atoms with Gasteiger partial charge in [0.15, 0.2) is 0 Å². The van der Waals surface area contributed by atoms with E-state index in [1.807, 2.05) is 0 Å². The number of ether oxygens (including phenoxy) is 1. The molecule has 1 nitrogen and oxygen atoms in total. The number of hydrogen-bond acceptors (Lipinski definition) is 1. The van der Waals surface area contributed by atoms with E-state index in [1.165, 1.54) is 21.1 Å². The van der Waals surface area contributed by atoms with Gasteiger partial charge in [-0.3, -0.25) is 0 Å². The van der Waals surface area contributed by atoms with Crippen LogP contribution in [0.5, 0.6) is 0 Å². The van der Waals surface area contributed by atoms with Crippen molar-refractivity contribution in [2.45, 2.75) is 25.2 Å². The third kappa shape index (κ3) is 2.66. The molecular weight excluding hydrogens is 311 g/mol. The van der Waals surface area contributed by atoms with Gasteiger partial charge < -0.3 is 0 Å². The zero-order chi connectivity index (χ0) is 11.5. The van der Waals surface area contributed by atoms with Crippen LogP contribution in [-0.4, -0.2) is 9.23 Å². The summed E-state index contributed by atoms with van der Waals surface area (Å²) in [5.41, 5.74) is 5.79. The van der Waals surface area contributed by atoms with E-state index in [-0.39, 0.29) is 0 Å². The zero-order valence-electron chi connectivity index (χ0n) is 10.2. The number of aryl methyl sites for hydroxylation is 1. The molecule has 0 aromatic heterocycles. The molecule has 1 aliphatic heterocycles. The molecule has 0 spiro atoms. The summed E-state index contributed by atoms with van der Waals surface area (Å²) >= 11 is -0.729. The molecule has 1 heterocycles. The van der Waals surface area contributed by atoms with Gasteiger partial charge in [-0.2, -0.15) is 0 Å². The summed E-state index contributed by atoms with van der Waals surface area (Å²) in [5, 5.41) is 0. The summed E-state index contributed by atoms with van der Waals surface area (Å²) < 4.78 is 8.82. The van der Waals surface area contributed by atoms with Crippen molar-refractivity contribution in [1.82, 2.24) is 0 Å². The van der Waals surface area contributed by atoms with E-state index in [9.17, 15) is 0 Å². The number of rotatable bonds is 3. The molecule has 0 saturated carbocycles. The van der Waals surface area contributed by atoms with Crippen molar-refractivity contribution in [3.05, 3.63) is 40.5 Å². The van der Waals surface area contributed by atoms with Crippen LogP contribution in [0.2, 0.25) is 0 Å². The molecule has 88 valence electrons. The molecule has 1 saturated heterocycles. The molecule has 0 aliphatic carbocycles. The molecule has 0 N–H and O–H groups in total. The Morgan fingerprint density at radius 1 is 1.31 bits per heavy atom. The monoisotopic (exact) mass is 330 g/mol. The molecule has 1 aromatic rings. The second-order valence-electron chi connectivity index (χ2n) is 4.26. The van der Waals surface area contributed by atoms with Gasteiger partial charge in [0, 0.05) is 0 Å². The Labute approximate surface area is 105 Å². The fourth-order valence-electron chi connectivity index (χ4n) is 1.92. The Balaban J connectivity index is 2.28. The standard InChI is InChI=1S/C14H19IO/c1-4-5-13-6-11(2)7-14(12(13)3)8-15-9-16-10-15/h4-7H,8-10H2,1-3H3/b5-4-. The molecule has 2 rings (SSSR count). The first-order chi connectivity index (χ1) is 7.70. The number of hydrogen-bond donors (Lipinski definition) is 0. The van der Waals surface area contributed by atoms with Crippen LogP contribution in [0.15, 0.2) is 18.2 Å². The molecule has 1 fully saturated rings. The van der Waals surface area contributed by atoms with Crippen molar-refractivity contribution in [2.24, 2.45) is 0 Å². The van der Waals surface area contributed by atoms with Crippen molar-refractivity contribution < 1.29 is 4.74 Å². The number of alkyl halides is 3. The third-order valence-corrected chi connectivity index (χ3v) is 7.38. The van der Waals surface area contributed by atoms with Crippen LogP contribution < -0.4 is 0 Å². The molecular formula is C14H19IO. The molecule has 0 unspecified atom stereocenters. The minimum atomic E-state index is -0.729. The van der Waals surface area contributed by atoms with Crippen molar-refractivity contribution in [3.8, 4) is 0 Å². The van der Waals surface area contributed by atoms with Gasteiger partial charge >= 0.3 is 106 Å². The van der Waals surface area contributed by atoms with Gasteiger partial charge in [0.25, 0.3) is 0 Å². The van der Waals surface area contributed by atoms with Crippen LogP contribution in [0.3, 0.4) is 0 Å².